The molecule has 18 heavy (non-hydrogen) atoms. The monoisotopic (exact) mass is 253 g/mol. The molecule has 1 aromatic heterocycles. The Bertz CT molecular complexity index is 493. The van der Waals surface area contributed by atoms with Gasteiger partial charge < -0.3 is 20.5 Å². The Kier molecular flexibility index (Phi) is 4.19. The summed E-state index contributed by atoms with van der Waals surface area (Å²) in [6.45, 7) is 3.38. The third-order valence-electron chi connectivity index (χ3n) is 2.12. The van der Waals surface area contributed by atoms with Crippen LogP contribution in [-0.4, -0.2) is 32.9 Å². The van der Waals surface area contributed by atoms with Crippen LogP contribution in [0.1, 0.15) is 16.9 Å². The van der Waals surface area contributed by atoms with Crippen molar-refractivity contribution < 1.29 is 19.6 Å². The minimum Gasteiger partial charge on any atom is -0.480 e. The standard InChI is InChI=1S/C10H11N3O5/c1-2-3-7(10(15)16)12-9(14)6-4-5-8(11-6)13(17)18/h2,4-5,7,11H,1,3H2,(H,12,14)(H,15,16). The molecule has 0 aliphatic heterocycles. The molecule has 0 spiro atoms. The molecule has 1 aromatic rings. The number of aliphatic carboxylic acids is 1. The second-order valence-corrected chi connectivity index (χ2v) is 3.40. The van der Waals surface area contributed by atoms with Crippen LogP contribution in [-0.2, 0) is 4.79 Å². The van der Waals surface area contributed by atoms with Crippen molar-refractivity contribution in [1.29, 1.82) is 0 Å². The number of carbonyl (C=O) groups is 2. The van der Waals surface area contributed by atoms with Crippen LogP contribution < -0.4 is 5.32 Å². The molecule has 1 atom stereocenters. The number of aromatic nitrogens is 1. The van der Waals surface area contributed by atoms with E-state index in [2.05, 4.69) is 16.9 Å². The Morgan fingerprint density at radius 3 is 2.72 bits per heavy atom. The average Bonchev–Trinajstić information content (AvgIpc) is 2.77. The predicted molar refractivity (Wildman–Crippen MR) is 61.2 cm³/mol. The summed E-state index contributed by atoms with van der Waals surface area (Å²) in [4.78, 5) is 34.4. The molecule has 96 valence electrons. The molecule has 0 bridgehead atoms. The first-order valence-corrected chi connectivity index (χ1v) is 4.93. The summed E-state index contributed by atoms with van der Waals surface area (Å²) < 4.78 is 0. The van der Waals surface area contributed by atoms with Gasteiger partial charge in [0.15, 0.2) is 5.69 Å². The van der Waals surface area contributed by atoms with Gasteiger partial charge in [0.05, 0.1) is 0 Å². The van der Waals surface area contributed by atoms with Crippen LogP contribution in [0.15, 0.2) is 24.8 Å². The number of carboxylic acids is 1. The lowest BCUT2D eigenvalue weighted by atomic mass is 10.2. The Labute approximate surface area is 101 Å². The van der Waals surface area contributed by atoms with E-state index in [0.717, 1.165) is 6.07 Å². The Morgan fingerprint density at radius 1 is 1.61 bits per heavy atom. The van der Waals surface area contributed by atoms with Crippen molar-refractivity contribution >= 4 is 17.7 Å². The van der Waals surface area contributed by atoms with E-state index in [1.54, 1.807) is 0 Å². The van der Waals surface area contributed by atoms with Crippen molar-refractivity contribution in [2.75, 3.05) is 0 Å². The van der Waals surface area contributed by atoms with Crippen molar-refractivity contribution in [3.8, 4) is 0 Å². The number of carboxylic acid groups (broad SMARTS) is 1. The zero-order chi connectivity index (χ0) is 13.7. The Balaban J connectivity index is 2.76. The molecular weight excluding hydrogens is 242 g/mol. The topological polar surface area (TPSA) is 125 Å². The molecule has 0 aromatic carbocycles. The number of nitrogens with one attached hydrogen (secondary N) is 2. The van der Waals surface area contributed by atoms with E-state index in [4.69, 9.17) is 5.11 Å². The summed E-state index contributed by atoms with van der Waals surface area (Å²) in [6, 6.07) is 1.22. The molecule has 8 nitrogen and oxygen atoms in total. The summed E-state index contributed by atoms with van der Waals surface area (Å²) in [6.07, 6.45) is 1.42. The van der Waals surface area contributed by atoms with Gasteiger partial charge in [-0.25, -0.2) is 9.78 Å². The molecule has 0 saturated carbocycles. The van der Waals surface area contributed by atoms with Crippen molar-refractivity contribution in [3.05, 3.63) is 40.6 Å². The van der Waals surface area contributed by atoms with Gasteiger partial charge in [0.25, 0.3) is 5.91 Å². The molecule has 1 unspecified atom stereocenters. The molecule has 0 saturated heterocycles. The fourth-order valence-electron chi connectivity index (χ4n) is 1.25. The number of amides is 1. The lowest BCUT2D eigenvalue weighted by molar-refractivity contribution is -0.389. The minimum absolute atomic E-state index is 0.0594. The number of aromatic amines is 1. The number of hydrogen-bond acceptors (Lipinski definition) is 4. The Morgan fingerprint density at radius 2 is 2.28 bits per heavy atom. The first-order chi connectivity index (χ1) is 8.45. The fourth-order valence-corrected chi connectivity index (χ4v) is 1.25. The highest BCUT2D eigenvalue weighted by Crippen LogP contribution is 2.10. The molecule has 0 radical (unpaired) electrons. The van der Waals surface area contributed by atoms with Crippen molar-refractivity contribution in [2.24, 2.45) is 0 Å². The van der Waals surface area contributed by atoms with Gasteiger partial charge in [-0.15, -0.1) is 6.58 Å². The number of nitro groups is 1. The van der Waals surface area contributed by atoms with Gasteiger partial charge in [0.2, 0.25) is 0 Å². The number of carbonyl (C=O) groups excluding carboxylic acids is 1. The summed E-state index contributed by atoms with van der Waals surface area (Å²) in [7, 11) is 0. The maximum absolute atomic E-state index is 11.6. The van der Waals surface area contributed by atoms with Gasteiger partial charge in [0, 0.05) is 6.07 Å². The van der Waals surface area contributed by atoms with Gasteiger partial charge in [-0.1, -0.05) is 6.08 Å². The van der Waals surface area contributed by atoms with E-state index in [0.29, 0.717) is 0 Å². The first-order valence-electron chi connectivity index (χ1n) is 4.93. The molecule has 1 heterocycles. The highest BCUT2D eigenvalue weighted by atomic mass is 16.6. The summed E-state index contributed by atoms with van der Waals surface area (Å²) >= 11 is 0. The first kappa shape index (κ1) is 13.4. The Hall–Kier alpha value is -2.64. The van der Waals surface area contributed by atoms with Gasteiger partial charge in [0.1, 0.15) is 6.04 Å². The number of nitrogens with zero attached hydrogens (tertiary/aromatic N) is 1. The zero-order valence-corrected chi connectivity index (χ0v) is 9.25. The number of hydrogen-bond donors (Lipinski definition) is 3. The largest absolute Gasteiger partial charge is 0.480 e. The second-order valence-electron chi connectivity index (χ2n) is 3.40. The quantitative estimate of drug-likeness (QED) is 0.390. The average molecular weight is 253 g/mol. The van der Waals surface area contributed by atoms with Crippen LogP contribution in [0, 0.1) is 10.1 Å². The normalized spacial score (nSPS) is 11.6. The molecule has 0 aliphatic rings. The minimum atomic E-state index is -1.20. The second kappa shape index (κ2) is 5.62. The van der Waals surface area contributed by atoms with E-state index < -0.39 is 22.8 Å². The highest BCUT2D eigenvalue weighted by Gasteiger charge is 2.22. The maximum Gasteiger partial charge on any atom is 0.326 e. The fraction of sp³-hybridized carbons (Fsp3) is 0.200. The van der Waals surface area contributed by atoms with E-state index >= 15 is 0 Å². The van der Waals surface area contributed by atoms with Crippen LogP contribution in [0.5, 0.6) is 0 Å². The van der Waals surface area contributed by atoms with Crippen LogP contribution in [0.2, 0.25) is 0 Å². The van der Waals surface area contributed by atoms with Gasteiger partial charge in [-0.05, 0) is 17.4 Å². The van der Waals surface area contributed by atoms with E-state index in [1.807, 2.05) is 0 Å². The van der Waals surface area contributed by atoms with Gasteiger partial charge >= 0.3 is 11.8 Å². The molecule has 8 heteroatoms. The lowest BCUT2D eigenvalue weighted by Crippen LogP contribution is -2.40. The molecule has 1 rings (SSSR count). The van der Waals surface area contributed by atoms with Gasteiger partial charge in [-0.3, -0.25) is 4.79 Å². The third kappa shape index (κ3) is 3.17. The van der Waals surface area contributed by atoms with E-state index in [-0.39, 0.29) is 17.9 Å². The molecule has 3 N–H and O–H groups in total. The highest BCUT2D eigenvalue weighted by molar-refractivity contribution is 5.95. The maximum atomic E-state index is 11.6. The lowest BCUT2D eigenvalue weighted by Gasteiger charge is -2.10. The number of rotatable bonds is 6. The molecular formula is C10H11N3O5. The number of H-pyrrole nitrogens is 1. The third-order valence-corrected chi connectivity index (χ3v) is 2.12. The van der Waals surface area contributed by atoms with E-state index in [1.165, 1.54) is 12.1 Å². The summed E-state index contributed by atoms with van der Waals surface area (Å²) in [5.74, 6) is -2.27. The smallest absolute Gasteiger partial charge is 0.326 e. The SMILES string of the molecule is C=CCC(NC(=O)c1ccc([N+](=O)[O-])[nH]1)C(=O)O. The predicted octanol–water partition coefficient (Wildman–Crippen LogP) is 0.682. The summed E-state index contributed by atoms with van der Waals surface area (Å²) in [5.41, 5.74) is -0.0722. The molecule has 0 fully saturated rings. The van der Waals surface area contributed by atoms with Crippen LogP contribution in [0.3, 0.4) is 0 Å². The zero-order valence-electron chi connectivity index (χ0n) is 9.25. The van der Waals surface area contributed by atoms with Crippen molar-refractivity contribution in [1.82, 2.24) is 10.3 Å². The van der Waals surface area contributed by atoms with Crippen LogP contribution >= 0.6 is 0 Å². The van der Waals surface area contributed by atoms with Crippen molar-refractivity contribution in [3.63, 3.8) is 0 Å². The van der Waals surface area contributed by atoms with Crippen molar-refractivity contribution in [2.45, 2.75) is 12.5 Å². The molecule has 1 amide bonds. The van der Waals surface area contributed by atoms with E-state index in [9.17, 15) is 19.7 Å². The van der Waals surface area contributed by atoms with Crippen LogP contribution in [0.4, 0.5) is 5.82 Å². The van der Waals surface area contributed by atoms with Gasteiger partial charge in [-0.2, -0.15) is 0 Å². The summed E-state index contributed by atoms with van der Waals surface area (Å²) in [5, 5.41) is 21.4. The molecule has 0 aliphatic carbocycles. The van der Waals surface area contributed by atoms with Crippen LogP contribution in [0.25, 0.3) is 0 Å².